The summed E-state index contributed by atoms with van der Waals surface area (Å²) >= 11 is 0. The van der Waals surface area contributed by atoms with Gasteiger partial charge in [-0.1, -0.05) is 13.8 Å². The lowest BCUT2D eigenvalue weighted by Crippen LogP contribution is -2.32. The first-order valence-electron chi connectivity index (χ1n) is 6.16. The van der Waals surface area contributed by atoms with Crippen LogP contribution in [0, 0.1) is 0 Å². The zero-order valence-corrected chi connectivity index (χ0v) is 10.9. The molecule has 1 aromatic rings. The van der Waals surface area contributed by atoms with E-state index >= 15 is 0 Å². The number of hydrogen-bond acceptors (Lipinski definition) is 3. The van der Waals surface area contributed by atoms with Crippen molar-refractivity contribution in [3.05, 3.63) is 23.7 Å². The average Bonchev–Trinajstić information content (AvgIpc) is 2.73. The molecule has 1 rings (SSSR count). The number of nitrogens with zero attached hydrogens (tertiary/aromatic N) is 1. The Morgan fingerprint density at radius 2 is 2.19 bits per heavy atom. The summed E-state index contributed by atoms with van der Waals surface area (Å²) in [6.07, 6.45) is 2.97. The SMILES string of the molecule is CCC(C)N(CC)Cc1ccoc1CNC. The van der Waals surface area contributed by atoms with Crippen molar-refractivity contribution in [2.45, 2.75) is 46.3 Å². The fraction of sp³-hybridized carbons (Fsp3) is 0.692. The van der Waals surface area contributed by atoms with E-state index in [-0.39, 0.29) is 0 Å². The Labute approximate surface area is 98.8 Å². The summed E-state index contributed by atoms with van der Waals surface area (Å²) in [6, 6.07) is 2.71. The molecule has 0 saturated heterocycles. The Morgan fingerprint density at radius 3 is 2.75 bits per heavy atom. The molecule has 1 heterocycles. The van der Waals surface area contributed by atoms with Crippen molar-refractivity contribution in [1.29, 1.82) is 0 Å². The highest BCUT2D eigenvalue weighted by Crippen LogP contribution is 2.15. The molecule has 1 atom stereocenters. The van der Waals surface area contributed by atoms with Crippen LogP contribution in [-0.4, -0.2) is 24.5 Å². The van der Waals surface area contributed by atoms with E-state index in [1.54, 1.807) is 6.26 Å². The predicted molar refractivity (Wildman–Crippen MR) is 67.3 cm³/mol. The minimum absolute atomic E-state index is 0.627. The van der Waals surface area contributed by atoms with Gasteiger partial charge in [0.15, 0.2) is 0 Å². The van der Waals surface area contributed by atoms with Crippen molar-refractivity contribution in [2.75, 3.05) is 13.6 Å². The molecular formula is C13H24N2O. The maximum absolute atomic E-state index is 5.47. The van der Waals surface area contributed by atoms with Crippen LogP contribution in [0.15, 0.2) is 16.7 Å². The molecule has 0 fully saturated rings. The third kappa shape index (κ3) is 3.35. The Bertz CT molecular complexity index is 296. The fourth-order valence-electron chi connectivity index (χ4n) is 1.88. The molecule has 0 bridgehead atoms. The van der Waals surface area contributed by atoms with Gasteiger partial charge in [-0.15, -0.1) is 0 Å². The smallest absolute Gasteiger partial charge is 0.122 e. The summed E-state index contributed by atoms with van der Waals surface area (Å²) in [5.41, 5.74) is 1.30. The quantitative estimate of drug-likeness (QED) is 0.771. The molecule has 3 nitrogen and oxygen atoms in total. The average molecular weight is 224 g/mol. The van der Waals surface area contributed by atoms with Gasteiger partial charge < -0.3 is 9.73 Å². The van der Waals surface area contributed by atoms with Crippen LogP contribution in [0.4, 0.5) is 0 Å². The highest BCUT2D eigenvalue weighted by molar-refractivity contribution is 5.16. The van der Waals surface area contributed by atoms with E-state index in [4.69, 9.17) is 4.42 Å². The van der Waals surface area contributed by atoms with Gasteiger partial charge in [0.1, 0.15) is 5.76 Å². The van der Waals surface area contributed by atoms with Crippen LogP contribution in [0.3, 0.4) is 0 Å². The van der Waals surface area contributed by atoms with Crippen LogP contribution in [0.2, 0.25) is 0 Å². The monoisotopic (exact) mass is 224 g/mol. The summed E-state index contributed by atoms with van der Waals surface area (Å²) in [5.74, 6) is 1.06. The fourth-order valence-corrected chi connectivity index (χ4v) is 1.88. The molecule has 1 aromatic heterocycles. The molecule has 0 spiro atoms. The van der Waals surface area contributed by atoms with E-state index in [0.29, 0.717) is 6.04 Å². The minimum Gasteiger partial charge on any atom is -0.468 e. The number of hydrogen-bond donors (Lipinski definition) is 1. The van der Waals surface area contributed by atoms with Gasteiger partial charge in [-0.2, -0.15) is 0 Å². The normalized spacial score (nSPS) is 13.3. The first-order valence-corrected chi connectivity index (χ1v) is 6.16. The van der Waals surface area contributed by atoms with Crippen molar-refractivity contribution >= 4 is 0 Å². The summed E-state index contributed by atoms with van der Waals surface area (Å²) in [7, 11) is 1.94. The van der Waals surface area contributed by atoms with Crippen LogP contribution < -0.4 is 5.32 Å². The molecule has 0 saturated carbocycles. The Kier molecular flexibility index (Phi) is 5.56. The molecule has 0 amide bonds. The highest BCUT2D eigenvalue weighted by atomic mass is 16.3. The van der Waals surface area contributed by atoms with Gasteiger partial charge in [-0.25, -0.2) is 0 Å². The van der Waals surface area contributed by atoms with Crippen LogP contribution in [0.1, 0.15) is 38.5 Å². The molecule has 0 radical (unpaired) electrons. The van der Waals surface area contributed by atoms with Crippen molar-refractivity contribution < 1.29 is 4.42 Å². The second-order valence-corrected chi connectivity index (χ2v) is 4.22. The summed E-state index contributed by atoms with van der Waals surface area (Å²) in [6.45, 7) is 9.60. The van der Waals surface area contributed by atoms with Crippen LogP contribution >= 0.6 is 0 Å². The predicted octanol–water partition coefficient (Wildman–Crippen LogP) is 2.62. The molecule has 1 unspecified atom stereocenters. The molecule has 16 heavy (non-hydrogen) atoms. The first kappa shape index (κ1) is 13.3. The van der Waals surface area contributed by atoms with Gasteiger partial charge in [0.05, 0.1) is 12.8 Å². The molecule has 1 N–H and O–H groups in total. The van der Waals surface area contributed by atoms with E-state index in [2.05, 4.69) is 37.1 Å². The largest absolute Gasteiger partial charge is 0.468 e. The first-order chi connectivity index (χ1) is 7.72. The Hall–Kier alpha value is -0.800. The third-order valence-corrected chi connectivity index (χ3v) is 3.17. The maximum atomic E-state index is 5.47. The molecule has 0 aromatic carbocycles. The number of nitrogens with one attached hydrogen (secondary N) is 1. The minimum atomic E-state index is 0.627. The molecule has 0 aliphatic carbocycles. The summed E-state index contributed by atoms with van der Waals surface area (Å²) in [5, 5.41) is 3.13. The standard InChI is InChI=1S/C13H24N2O/c1-5-11(3)15(6-2)10-12-7-8-16-13(12)9-14-4/h7-8,11,14H,5-6,9-10H2,1-4H3. The van der Waals surface area contributed by atoms with Crippen LogP contribution in [0.25, 0.3) is 0 Å². The van der Waals surface area contributed by atoms with Gasteiger partial charge in [0, 0.05) is 18.2 Å². The van der Waals surface area contributed by atoms with E-state index in [9.17, 15) is 0 Å². The lowest BCUT2D eigenvalue weighted by Gasteiger charge is -2.26. The second kappa shape index (κ2) is 6.71. The Morgan fingerprint density at radius 1 is 1.44 bits per heavy atom. The summed E-state index contributed by atoms with van der Waals surface area (Å²) < 4.78 is 5.47. The Balaban J connectivity index is 2.66. The topological polar surface area (TPSA) is 28.4 Å². The zero-order chi connectivity index (χ0) is 12.0. The van der Waals surface area contributed by atoms with Crippen LogP contribution in [-0.2, 0) is 13.1 Å². The lowest BCUT2D eigenvalue weighted by atomic mass is 10.1. The van der Waals surface area contributed by atoms with Crippen LogP contribution in [0.5, 0.6) is 0 Å². The van der Waals surface area contributed by atoms with Crippen molar-refractivity contribution in [3.63, 3.8) is 0 Å². The highest BCUT2D eigenvalue weighted by Gasteiger charge is 2.13. The van der Waals surface area contributed by atoms with Crippen molar-refractivity contribution in [3.8, 4) is 0 Å². The van der Waals surface area contributed by atoms with Gasteiger partial charge in [-0.05, 0) is 33.0 Å². The van der Waals surface area contributed by atoms with Gasteiger partial charge in [-0.3, -0.25) is 4.90 Å². The maximum Gasteiger partial charge on any atom is 0.122 e. The molecule has 0 aliphatic rings. The molecular weight excluding hydrogens is 200 g/mol. The van der Waals surface area contributed by atoms with Gasteiger partial charge in [0.2, 0.25) is 0 Å². The van der Waals surface area contributed by atoms with Crippen molar-refractivity contribution in [1.82, 2.24) is 10.2 Å². The zero-order valence-electron chi connectivity index (χ0n) is 10.9. The van der Waals surface area contributed by atoms with E-state index in [1.165, 1.54) is 12.0 Å². The molecule has 92 valence electrons. The van der Waals surface area contributed by atoms with E-state index in [0.717, 1.165) is 25.4 Å². The molecule has 0 aliphatic heterocycles. The number of rotatable bonds is 7. The third-order valence-electron chi connectivity index (χ3n) is 3.17. The lowest BCUT2D eigenvalue weighted by molar-refractivity contribution is 0.204. The van der Waals surface area contributed by atoms with Gasteiger partial charge in [0.25, 0.3) is 0 Å². The van der Waals surface area contributed by atoms with E-state index in [1.807, 2.05) is 7.05 Å². The van der Waals surface area contributed by atoms with Gasteiger partial charge >= 0.3 is 0 Å². The summed E-state index contributed by atoms with van der Waals surface area (Å²) in [4.78, 5) is 2.48. The van der Waals surface area contributed by atoms with Crippen molar-refractivity contribution in [2.24, 2.45) is 0 Å². The van der Waals surface area contributed by atoms with E-state index < -0.39 is 0 Å². The second-order valence-electron chi connectivity index (χ2n) is 4.22. The number of furan rings is 1. The molecule has 3 heteroatoms.